The maximum Gasteiger partial charge on any atom is 0.225 e. The third-order valence-electron chi connectivity index (χ3n) is 3.90. The van der Waals surface area contributed by atoms with Crippen molar-refractivity contribution in [2.75, 3.05) is 19.7 Å². The number of benzene rings is 1. The predicted octanol–water partition coefficient (Wildman–Crippen LogP) is 2.12. The standard InChI is InChI=1S/C16H24N2O2/c1-4-20-14-7-5-13(6-8-14)12(3)18-16(19)15-10-17-9-11(15)2/h5-8,11-12,15,17H,4,9-10H2,1-3H3,(H,18,19). The monoisotopic (exact) mass is 276 g/mol. The smallest absolute Gasteiger partial charge is 0.225 e. The first-order valence-electron chi connectivity index (χ1n) is 7.35. The van der Waals surface area contributed by atoms with Gasteiger partial charge in [-0.3, -0.25) is 4.79 Å². The highest BCUT2D eigenvalue weighted by molar-refractivity contribution is 5.80. The summed E-state index contributed by atoms with van der Waals surface area (Å²) in [5.74, 6) is 1.50. The van der Waals surface area contributed by atoms with E-state index in [1.165, 1.54) is 0 Å². The fourth-order valence-corrected chi connectivity index (χ4v) is 2.58. The third-order valence-corrected chi connectivity index (χ3v) is 3.90. The molecule has 1 heterocycles. The minimum atomic E-state index is 0.0194. The van der Waals surface area contributed by atoms with E-state index in [2.05, 4.69) is 17.6 Å². The molecule has 0 bridgehead atoms. The van der Waals surface area contributed by atoms with Gasteiger partial charge in [0.1, 0.15) is 5.75 Å². The average Bonchev–Trinajstić information content (AvgIpc) is 2.86. The van der Waals surface area contributed by atoms with E-state index in [9.17, 15) is 4.79 Å². The lowest BCUT2D eigenvalue weighted by atomic mass is 9.96. The Morgan fingerprint density at radius 1 is 1.40 bits per heavy atom. The highest BCUT2D eigenvalue weighted by Crippen LogP contribution is 2.20. The Labute approximate surface area is 120 Å². The zero-order chi connectivity index (χ0) is 14.5. The number of rotatable bonds is 5. The van der Waals surface area contributed by atoms with Gasteiger partial charge in [0.25, 0.3) is 0 Å². The maximum absolute atomic E-state index is 12.2. The number of hydrogen-bond donors (Lipinski definition) is 2. The minimum Gasteiger partial charge on any atom is -0.494 e. The second-order valence-electron chi connectivity index (χ2n) is 5.47. The Morgan fingerprint density at radius 3 is 2.65 bits per heavy atom. The first-order valence-corrected chi connectivity index (χ1v) is 7.35. The molecular formula is C16H24N2O2. The lowest BCUT2D eigenvalue weighted by Crippen LogP contribution is -2.35. The van der Waals surface area contributed by atoms with Crippen LogP contribution >= 0.6 is 0 Å². The molecule has 0 aromatic heterocycles. The van der Waals surface area contributed by atoms with Crippen LogP contribution in [-0.2, 0) is 4.79 Å². The summed E-state index contributed by atoms with van der Waals surface area (Å²) in [5.41, 5.74) is 1.10. The second kappa shape index (κ2) is 6.75. The fraction of sp³-hybridized carbons (Fsp3) is 0.562. The van der Waals surface area contributed by atoms with Crippen LogP contribution in [0.4, 0.5) is 0 Å². The molecule has 1 aliphatic rings. The molecule has 0 radical (unpaired) electrons. The molecule has 1 aromatic rings. The van der Waals surface area contributed by atoms with Gasteiger partial charge >= 0.3 is 0 Å². The summed E-state index contributed by atoms with van der Waals surface area (Å²) >= 11 is 0. The molecule has 1 fully saturated rings. The number of hydrogen-bond acceptors (Lipinski definition) is 3. The number of carbonyl (C=O) groups excluding carboxylic acids is 1. The number of carbonyl (C=O) groups is 1. The molecule has 2 N–H and O–H groups in total. The van der Waals surface area contributed by atoms with Crippen molar-refractivity contribution in [1.29, 1.82) is 0 Å². The topological polar surface area (TPSA) is 50.4 Å². The third kappa shape index (κ3) is 3.51. The van der Waals surface area contributed by atoms with Crippen LogP contribution < -0.4 is 15.4 Å². The molecule has 2 rings (SSSR count). The molecule has 0 spiro atoms. The molecule has 20 heavy (non-hydrogen) atoms. The predicted molar refractivity (Wildman–Crippen MR) is 79.7 cm³/mol. The SMILES string of the molecule is CCOc1ccc(C(C)NC(=O)C2CNCC2C)cc1. The maximum atomic E-state index is 12.2. The van der Waals surface area contributed by atoms with E-state index in [0.717, 1.165) is 24.4 Å². The van der Waals surface area contributed by atoms with Gasteiger partial charge in [-0.2, -0.15) is 0 Å². The van der Waals surface area contributed by atoms with Crippen LogP contribution in [0.2, 0.25) is 0 Å². The molecule has 110 valence electrons. The van der Waals surface area contributed by atoms with Crippen LogP contribution in [-0.4, -0.2) is 25.6 Å². The van der Waals surface area contributed by atoms with Gasteiger partial charge in [-0.1, -0.05) is 19.1 Å². The van der Waals surface area contributed by atoms with Gasteiger partial charge in [0.15, 0.2) is 0 Å². The molecule has 0 aliphatic carbocycles. The summed E-state index contributed by atoms with van der Waals surface area (Å²) < 4.78 is 5.42. The molecular weight excluding hydrogens is 252 g/mol. The number of ether oxygens (including phenoxy) is 1. The zero-order valence-electron chi connectivity index (χ0n) is 12.5. The van der Waals surface area contributed by atoms with E-state index in [-0.39, 0.29) is 17.9 Å². The molecule has 1 aliphatic heterocycles. The van der Waals surface area contributed by atoms with Gasteiger partial charge in [-0.05, 0) is 44.0 Å². The van der Waals surface area contributed by atoms with Crippen molar-refractivity contribution in [3.63, 3.8) is 0 Å². The van der Waals surface area contributed by atoms with Crippen LogP contribution in [0.1, 0.15) is 32.4 Å². The van der Waals surface area contributed by atoms with E-state index < -0.39 is 0 Å². The molecule has 3 unspecified atom stereocenters. The van der Waals surface area contributed by atoms with E-state index >= 15 is 0 Å². The van der Waals surface area contributed by atoms with Gasteiger partial charge in [0.05, 0.1) is 18.6 Å². The van der Waals surface area contributed by atoms with Gasteiger partial charge in [-0.25, -0.2) is 0 Å². The lowest BCUT2D eigenvalue weighted by molar-refractivity contribution is -0.126. The summed E-state index contributed by atoms with van der Waals surface area (Å²) in [4.78, 5) is 12.2. The molecule has 1 aromatic carbocycles. The van der Waals surface area contributed by atoms with Crippen LogP contribution in [0.15, 0.2) is 24.3 Å². The van der Waals surface area contributed by atoms with Crippen molar-refractivity contribution in [2.45, 2.75) is 26.8 Å². The first kappa shape index (κ1) is 14.9. The second-order valence-corrected chi connectivity index (χ2v) is 5.47. The Bertz CT molecular complexity index is 444. The average molecular weight is 276 g/mol. The lowest BCUT2D eigenvalue weighted by Gasteiger charge is -2.19. The van der Waals surface area contributed by atoms with Gasteiger partial charge in [0, 0.05) is 6.54 Å². The normalized spacial score (nSPS) is 23.4. The molecule has 1 saturated heterocycles. The van der Waals surface area contributed by atoms with E-state index in [0.29, 0.717) is 12.5 Å². The van der Waals surface area contributed by atoms with E-state index in [1.54, 1.807) is 0 Å². The summed E-state index contributed by atoms with van der Waals surface area (Å²) in [6.07, 6.45) is 0. The highest BCUT2D eigenvalue weighted by atomic mass is 16.5. The van der Waals surface area contributed by atoms with Crippen LogP contribution in [0, 0.1) is 11.8 Å². The highest BCUT2D eigenvalue weighted by Gasteiger charge is 2.30. The van der Waals surface area contributed by atoms with E-state index in [1.807, 2.05) is 38.1 Å². The Kier molecular flexibility index (Phi) is 5.01. The Balaban J connectivity index is 1.93. The summed E-state index contributed by atoms with van der Waals surface area (Å²) in [6, 6.07) is 7.92. The summed E-state index contributed by atoms with van der Waals surface area (Å²) in [6.45, 7) is 8.47. The zero-order valence-corrected chi connectivity index (χ0v) is 12.5. The molecule has 4 nitrogen and oxygen atoms in total. The van der Waals surface area contributed by atoms with Crippen LogP contribution in [0.25, 0.3) is 0 Å². The van der Waals surface area contributed by atoms with Gasteiger partial charge in [0.2, 0.25) is 5.91 Å². The fourth-order valence-electron chi connectivity index (χ4n) is 2.58. The minimum absolute atomic E-state index is 0.0194. The van der Waals surface area contributed by atoms with Crippen molar-refractivity contribution >= 4 is 5.91 Å². The summed E-state index contributed by atoms with van der Waals surface area (Å²) in [5, 5.41) is 6.36. The van der Waals surface area contributed by atoms with Crippen molar-refractivity contribution in [1.82, 2.24) is 10.6 Å². The molecule has 3 atom stereocenters. The van der Waals surface area contributed by atoms with Gasteiger partial charge in [-0.15, -0.1) is 0 Å². The van der Waals surface area contributed by atoms with Crippen molar-refractivity contribution in [2.24, 2.45) is 11.8 Å². The van der Waals surface area contributed by atoms with Crippen molar-refractivity contribution in [3.8, 4) is 5.75 Å². The van der Waals surface area contributed by atoms with Crippen molar-refractivity contribution < 1.29 is 9.53 Å². The molecule has 4 heteroatoms. The van der Waals surface area contributed by atoms with Crippen LogP contribution in [0.5, 0.6) is 5.75 Å². The number of amides is 1. The van der Waals surface area contributed by atoms with Gasteiger partial charge < -0.3 is 15.4 Å². The van der Waals surface area contributed by atoms with E-state index in [4.69, 9.17) is 4.74 Å². The Hall–Kier alpha value is -1.55. The molecule has 1 amide bonds. The largest absolute Gasteiger partial charge is 0.494 e. The summed E-state index contributed by atoms with van der Waals surface area (Å²) in [7, 11) is 0. The quantitative estimate of drug-likeness (QED) is 0.866. The number of nitrogens with one attached hydrogen (secondary N) is 2. The molecule has 0 saturated carbocycles. The van der Waals surface area contributed by atoms with Crippen LogP contribution in [0.3, 0.4) is 0 Å². The first-order chi connectivity index (χ1) is 9.61. The Morgan fingerprint density at radius 2 is 2.10 bits per heavy atom. The van der Waals surface area contributed by atoms with Crippen molar-refractivity contribution in [3.05, 3.63) is 29.8 Å².